The molecule has 0 aliphatic carbocycles. The van der Waals surface area contributed by atoms with Gasteiger partial charge in [0, 0.05) is 21.9 Å². The molecule has 2 rings (SSSR count). The molecule has 1 aliphatic rings. The first kappa shape index (κ1) is 12.4. The molecule has 1 heterocycles. The predicted octanol–water partition coefficient (Wildman–Crippen LogP) is 3.39. The molecule has 0 amide bonds. The number of rotatable bonds is 2. The van der Waals surface area contributed by atoms with Gasteiger partial charge in [0.05, 0.1) is 5.60 Å². The van der Waals surface area contributed by atoms with Crippen molar-refractivity contribution in [1.82, 2.24) is 0 Å². The molecule has 16 heavy (non-hydrogen) atoms. The van der Waals surface area contributed by atoms with Gasteiger partial charge in [-0.05, 0) is 30.2 Å². The van der Waals surface area contributed by atoms with Gasteiger partial charge in [-0.25, -0.2) is 4.39 Å². The summed E-state index contributed by atoms with van der Waals surface area (Å²) in [7, 11) is 0. The SMILES string of the molecule is CC1CC(O)(Cc2cc(F)ccc2Br)CS1. The second-order valence-corrected chi connectivity index (χ2v) is 6.74. The Bertz CT molecular complexity index is 399. The van der Waals surface area contributed by atoms with Crippen molar-refractivity contribution in [1.29, 1.82) is 0 Å². The molecular formula is C12H14BrFOS. The maximum absolute atomic E-state index is 13.1. The van der Waals surface area contributed by atoms with Crippen molar-refractivity contribution < 1.29 is 9.50 Å². The minimum atomic E-state index is -0.680. The Morgan fingerprint density at radius 1 is 1.62 bits per heavy atom. The molecule has 1 nitrogen and oxygen atoms in total. The zero-order valence-corrected chi connectivity index (χ0v) is 11.4. The Hall–Kier alpha value is -0.0600. The lowest BCUT2D eigenvalue weighted by Crippen LogP contribution is -2.31. The van der Waals surface area contributed by atoms with E-state index >= 15 is 0 Å². The Balaban J connectivity index is 2.17. The lowest BCUT2D eigenvalue weighted by atomic mass is 9.92. The molecule has 4 heteroatoms. The van der Waals surface area contributed by atoms with Gasteiger partial charge in [0.1, 0.15) is 5.82 Å². The van der Waals surface area contributed by atoms with Gasteiger partial charge in [-0.2, -0.15) is 11.8 Å². The third-order valence-corrected chi connectivity index (χ3v) is 5.04. The van der Waals surface area contributed by atoms with Gasteiger partial charge in [0.25, 0.3) is 0 Å². The van der Waals surface area contributed by atoms with Crippen molar-refractivity contribution in [3.8, 4) is 0 Å². The molecule has 1 aromatic rings. The Kier molecular flexibility index (Phi) is 3.62. The molecule has 2 atom stereocenters. The van der Waals surface area contributed by atoms with Crippen molar-refractivity contribution in [3.05, 3.63) is 34.1 Å². The number of hydrogen-bond donors (Lipinski definition) is 1. The first-order chi connectivity index (χ1) is 7.48. The van der Waals surface area contributed by atoms with E-state index in [2.05, 4.69) is 22.9 Å². The number of halogens is 2. The number of aliphatic hydroxyl groups is 1. The van der Waals surface area contributed by atoms with Crippen LogP contribution >= 0.6 is 27.7 Å². The van der Waals surface area contributed by atoms with Crippen LogP contribution in [-0.2, 0) is 6.42 Å². The van der Waals surface area contributed by atoms with E-state index in [0.29, 0.717) is 11.7 Å². The fraction of sp³-hybridized carbons (Fsp3) is 0.500. The van der Waals surface area contributed by atoms with Gasteiger partial charge in [-0.1, -0.05) is 22.9 Å². The maximum Gasteiger partial charge on any atom is 0.123 e. The van der Waals surface area contributed by atoms with Crippen LogP contribution in [0.2, 0.25) is 0 Å². The molecule has 1 aliphatic heterocycles. The largest absolute Gasteiger partial charge is 0.389 e. The van der Waals surface area contributed by atoms with Gasteiger partial charge in [-0.3, -0.25) is 0 Å². The van der Waals surface area contributed by atoms with E-state index in [9.17, 15) is 9.50 Å². The van der Waals surface area contributed by atoms with Crippen LogP contribution in [0, 0.1) is 5.82 Å². The lowest BCUT2D eigenvalue weighted by molar-refractivity contribution is 0.0640. The highest BCUT2D eigenvalue weighted by atomic mass is 79.9. The van der Waals surface area contributed by atoms with Crippen molar-refractivity contribution >= 4 is 27.7 Å². The summed E-state index contributed by atoms with van der Waals surface area (Å²) in [5.74, 6) is 0.484. The van der Waals surface area contributed by atoms with Gasteiger partial charge in [0.2, 0.25) is 0 Å². The second kappa shape index (κ2) is 4.67. The Morgan fingerprint density at radius 3 is 3.00 bits per heavy atom. The molecule has 1 N–H and O–H groups in total. The third kappa shape index (κ3) is 2.79. The molecule has 1 saturated heterocycles. The average Bonchev–Trinajstić information content (AvgIpc) is 2.52. The molecule has 1 fully saturated rings. The fourth-order valence-corrected chi connectivity index (χ4v) is 3.74. The molecule has 0 aromatic heterocycles. The smallest absolute Gasteiger partial charge is 0.123 e. The zero-order chi connectivity index (χ0) is 11.8. The van der Waals surface area contributed by atoms with Gasteiger partial charge < -0.3 is 5.11 Å². The van der Waals surface area contributed by atoms with Crippen molar-refractivity contribution in [2.75, 3.05) is 5.75 Å². The van der Waals surface area contributed by atoms with Crippen molar-refractivity contribution in [2.24, 2.45) is 0 Å². The molecule has 0 bridgehead atoms. The van der Waals surface area contributed by atoms with E-state index in [1.165, 1.54) is 12.1 Å². The predicted molar refractivity (Wildman–Crippen MR) is 69.3 cm³/mol. The molecule has 88 valence electrons. The fourth-order valence-electron chi connectivity index (χ4n) is 2.11. The summed E-state index contributed by atoms with van der Waals surface area (Å²) in [5, 5.41) is 10.8. The monoisotopic (exact) mass is 304 g/mol. The number of benzene rings is 1. The second-order valence-electron chi connectivity index (χ2n) is 4.46. The van der Waals surface area contributed by atoms with Gasteiger partial charge in [-0.15, -0.1) is 0 Å². The normalized spacial score (nSPS) is 29.6. The van der Waals surface area contributed by atoms with Crippen molar-refractivity contribution in [3.63, 3.8) is 0 Å². The number of hydrogen-bond acceptors (Lipinski definition) is 2. The molecule has 0 radical (unpaired) electrons. The summed E-state index contributed by atoms with van der Waals surface area (Å²) in [5.41, 5.74) is 0.164. The molecular weight excluding hydrogens is 291 g/mol. The summed E-state index contributed by atoms with van der Waals surface area (Å²) in [4.78, 5) is 0. The van der Waals surface area contributed by atoms with E-state index in [1.54, 1.807) is 17.8 Å². The summed E-state index contributed by atoms with van der Waals surface area (Å²) < 4.78 is 14.0. The topological polar surface area (TPSA) is 20.2 Å². The summed E-state index contributed by atoms with van der Waals surface area (Å²) in [6.07, 6.45) is 1.29. The van der Waals surface area contributed by atoms with Gasteiger partial charge >= 0.3 is 0 Å². The molecule has 0 saturated carbocycles. The van der Waals surface area contributed by atoms with Crippen LogP contribution in [0.3, 0.4) is 0 Å². The van der Waals surface area contributed by atoms with Crippen LogP contribution < -0.4 is 0 Å². The van der Waals surface area contributed by atoms with E-state index < -0.39 is 5.60 Å². The minimum absolute atomic E-state index is 0.250. The van der Waals surface area contributed by atoms with Crippen LogP contribution in [0.4, 0.5) is 4.39 Å². The van der Waals surface area contributed by atoms with E-state index in [1.807, 2.05) is 0 Å². The van der Waals surface area contributed by atoms with Crippen LogP contribution in [-0.4, -0.2) is 21.7 Å². The van der Waals surface area contributed by atoms with Crippen molar-refractivity contribution in [2.45, 2.75) is 30.6 Å². The molecule has 0 spiro atoms. The standard InChI is InChI=1S/C12H14BrFOS/c1-8-5-12(15,7-16-8)6-9-4-10(14)2-3-11(9)13/h2-4,8,15H,5-7H2,1H3. The highest BCUT2D eigenvalue weighted by molar-refractivity contribution is 9.10. The average molecular weight is 305 g/mol. The summed E-state index contributed by atoms with van der Waals surface area (Å²) >= 11 is 5.17. The van der Waals surface area contributed by atoms with E-state index in [0.717, 1.165) is 22.2 Å². The summed E-state index contributed by atoms with van der Waals surface area (Å²) in [6.45, 7) is 2.11. The van der Waals surface area contributed by atoms with E-state index in [4.69, 9.17) is 0 Å². The van der Waals surface area contributed by atoms with Crippen LogP contribution in [0.25, 0.3) is 0 Å². The highest BCUT2D eigenvalue weighted by Crippen LogP contribution is 2.37. The molecule has 1 aromatic carbocycles. The first-order valence-electron chi connectivity index (χ1n) is 5.26. The maximum atomic E-state index is 13.1. The van der Waals surface area contributed by atoms with Crippen LogP contribution in [0.5, 0.6) is 0 Å². The Labute approximate surface area is 108 Å². The van der Waals surface area contributed by atoms with Crippen LogP contribution in [0.15, 0.2) is 22.7 Å². The Morgan fingerprint density at radius 2 is 2.38 bits per heavy atom. The third-order valence-electron chi connectivity index (χ3n) is 2.83. The summed E-state index contributed by atoms with van der Waals surface area (Å²) in [6, 6.07) is 4.61. The lowest BCUT2D eigenvalue weighted by Gasteiger charge is -2.22. The quantitative estimate of drug-likeness (QED) is 0.904. The van der Waals surface area contributed by atoms with Crippen LogP contribution in [0.1, 0.15) is 18.9 Å². The van der Waals surface area contributed by atoms with E-state index in [-0.39, 0.29) is 5.82 Å². The number of thioether (sulfide) groups is 1. The molecule has 2 unspecified atom stereocenters. The first-order valence-corrected chi connectivity index (χ1v) is 7.11. The van der Waals surface area contributed by atoms with Gasteiger partial charge in [0.15, 0.2) is 0 Å². The zero-order valence-electron chi connectivity index (χ0n) is 9.04. The minimum Gasteiger partial charge on any atom is -0.389 e. The highest BCUT2D eigenvalue weighted by Gasteiger charge is 2.36.